The van der Waals surface area contributed by atoms with E-state index in [1.807, 2.05) is 37.8 Å². The van der Waals surface area contributed by atoms with Crippen LogP contribution in [-0.2, 0) is 11.2 Å². The molecule has 0 aliphatic carbocycles. The second-order valence-electron chi connectivity index (χ2n) is 7.12. The van der Waals surface area contributed by atoms with Crippen LogP contribution in [-0.4, -0.2) is 46.8 Å². The molecule has 2 aliphatic rings. The summed E-state index contributed by atoms with van der Waals surface area (Å²) < 4.78 is 5.50. The average Bonchev–Trinajstić information content (AvgIpc) is 2.74. The van der Waals surface area contributed by atoms with Gasteiger partial charge in [0, 0.05) is 19.1 Å². The molecule has 0 aromatic carbocycles. The van der Waals surface area contributed by atoms with Gasteiger partial charge in [-0.3, -0.25) is 0 Å². The first-order valence-corrected chi connectivity index (χ1v) is 8.04. The van der Waals surface area contributed by atoms with Crippen LogP contribution in [0.4, 0.5) is 10.6 Å². The lowest BCUT2D eigenvalue weighted by Crippen LogP contribution is -2.58. The minimum Gasteiger partial charge on any atom is -0.444 e. The molecule has 0 unspecified atom stereocenters. The van der Waals surface area contributed by atoms with Crippen LogP contribution in [0.5, 0.6) is 0 Å². The summed E-state index contributed by atoms with van der Waals surface area (Å²) in [6.07, 6.45) is 0.657. The minimum absolute atomic E-state index is 0.193. The summed E-state index contributed by atoms with van der Waals surface area (Å²) in [4.78, 5) is 20.9. The van der Waals surface area contributed by atoms with E-state index in [0.29, 0.717) is 18.2 Å². The van der Waals surface area contributed by atoms with Gasteiger partial charge in [0.1, 0.15) is 16.6 Å². The normalized spacial score (nSPS) is 24.0. The van der Waals surface area contributed by atoms with Crippen molar-refractivity contribution >= 4 is 23.5 Å². The molecular formula is C16H22ClN3O2. The van der Waals surface area contributed by atoms with Gasteiger partial charge in [0.05, 0.1) is 6.04 Å². The Balaban J connectivity index is 1.78. The molecule has 0 spiro atoms. The van der Waals surface area contributed by atoms with Gasteiger partial charge in [0.25, 0.3) is 0 Å². The van der Waals surface area contributed by atoms with Crippen molar-refractivity contribution in [3.8, 4) is 0 Å². The number of nitrogens with zero attached hydrogens (tertiary/aromatic N) is 3. The number of piperazine rings is 1. The number of fused-ring (bicyclic) bond motifs is 3. The van der Waals surface area contributed by atoms with Crippen LogP contribution in [0, 0.1) is 0 Å². The number of carbonyl (C=O) groups excluding carboxylic acids is 1. The summed E-state index contributed by atoms with van der Waals surface area (Å²) in [5.41, 5.74) is 0.734. The first-order valence-electron chi connectivity index (χ1n) is 7.66. The minimum atomic E-state index is -0.467. The zero-order valence-corrected chi connectivity index (χ0v) is 14.2. The van der Waals surface area contributed by atoms with E-state index in [0.717, 1.165) is 12.2 Å². The molecule has 3 heterocycles. The summed E-state index contributed by atoms with van der Waals surface area (Å²) in [5.74, 6) is 0.967. The van der Waals surface area contributed by atoms with Gasteiger partial charge in [-0.2, -0.15) is 0 Å². The Hall–Kier alpha value is -1.49. The van der Waals surface area contributed by atoms with Crippen LogP contribution >= 0.6 is 11.6 Å². The maximum atomic E-state index is 12.3. The number of aromatic nitrogens is 1. The standard InChI is InChI=1S/C16H22ClN3O2/c1-10-8-19(15(21)22-16(2,3)4)9-12-7-11-5-6-13(17)18-14(11)20(10)12/h5-6,10,12H,7-9H2,1-4H3/t10-,12-/m1/s1. The fourth-order valence-corrected chi connectivity index (χ4v) is 3.44. The van der Waals surface area contributed by atoms with Crippen molar-refractivity contribution in [3.63, 3.8) is 0 Å². The predicted octanol–water partition coefficient (Wildman–Crippen LogP) is 3.11. The molecule has 0 saturated carbocycles. The summed E-state index contributed by atoms with van der Waals surface area (Å²) in [7, 11) is 0. The lowest BCUT2D eigenvalue weighted by molar-refractivity contribution is 0.0191. The Morgan fingerprint density at radius 3 is 2.77 bits per heavy atom. The van der Waals surface area contributed by atoms with Gasteiger partial charge in [-0.25, -0.2) is 9.78 Å². The third-order valence-electron chi connectivity index (χ3n) is 4.06. The monoisotopic (exact) mass is 323 g/mol. The fourth-order valence-electron chi connectivity index (χ4n) is 3.29. The Morgan fingerprint density at radius 1 is 1.36 bits per heavy atom. The number of anilines is 1. The quantitative estimate of drug-likeness (QED) is 0.688. The van der Waals surface area contributed by atoms with Gasteiger partial charge in [-0.05, 0) is 45.7 Å². The second-order valence-corrected chi connectivity index (χ2v) is 7.50. The molecule has 120 valence electrons. The maximum absolute atomic E-state index is 12.3. The smallest absolute Gasteiger partial charge is 0.410 e. The fraction of sp³-hybridized carbons (Fsp3) is 0.625. The predicted molar refractivity (Wildman–Crippen MR) is 86.5 cm³/mol. The lowest BCUT2D eigenvalue weighted by Gasteiger charge is -2.43. The molecule has 2 aliphatic heterocycles. The highest BCUT2D eigenvalue weighted by molar-refractivity contribution is 6.29. The van der Waals surface area contributed by atoms with E-state index in [2.05, 4.69) is 16.8 Å². The van der Waals surface area contributed by atoms with Crippen LogP contribution in [0.15, 0.2) is 12.1 Å². The Bertz CT molecular complexity index is 600. The van der Waals surface area contributed by atoms with Crippen LogP contribution in [0.3, 0.4) is 0 Å². The van der Waals surface area contributed by atoms with Crippen molar-refractivity contribution in [3.05, 3.63) is 22.8 Å². The summed E-state index contributed by atoms with van der Waals surface area (Å²) in [6, 6.07) is 4.30. The molecule has 2 atom stereocenters. The van der Waals surface area contributed by atoms with Gasteiger partial charge in [0.2, 0.25) is 0 Å². The van der Waals surface area contributed by atoms with Crippen LogP contribution in [0.1, 0.15) is 33.3 Å². The van der Waals surface area contributed by atoms with Crippen molar-refractivity contribution in [1.29, 1.82) is 0 Å². The van der Waals surface area contributed by atoms with Crippen molar-refractivity contribution in [2.45, 2.75) is 51.8 Å². The molecule has 1 fully saturated rings. The zero-order valence-electron chi connectivity index (χ0n) is 13.5. The highest BCUT2D eigenvalue weighted by Gasteiger charge is 2.41. The molecule has 1 amide bonds. The number of ether oxygens (including phenoxy) is 1. The van der Waals surface area contributed by atoms with Crippen LogP contribution in [0.25, 0.3) is 0 Å². The zero-order chi connectivity index (χ0) is 16.1. The Kier molecular flexibility index (Phi) is 3.71. The van der Waals surface area contributed by atoms with Crippen LogP contribution < -0.4 is 4.90 Å². The van der Waals surface area contributed by atoms with Crippen molar-refractivity contribution in [2.24, 2.45) is 0 Å². The van der Waals surface area contributed by atoms with Gasteiger partial charge >= 0.3 is 6.09 Å². The third kappa shape index (κ3) is 2.86. The topological polar surface area (TPSA) is 45.7 Å². The number of hydrogen-bond acceptors (Lipinski definition) is 4. The van der Waals surface area contributed by atoms with E-state index in [-0.39, 0.29) is 18.2 Å². The highest BCUT2D eigenvalue weighted by Crippen LogP contribution is 2.36. The van der Waals surface area contributed by atoms with E-state index in [4.69, 9.17) is 16.3 Å². The molecule has 6 heteroatoms. The molecule has 1 saturated heterocycles. The SMILES string of the molecule is C[C@@H]1CN(C(=O)OC(C)(C)C)C[C@H]2Cc3ccc(Cl)nc3N21. The first kappa shape index (κ1) is 15.4. The van der Waals surface area contributed by atoms with E-state index in [9.17, 15) is 4.79 Å². The second kappa shape index (κ2) is 5.30. The number of pyridine rings is 1. The van der Waals surface area contributed by atoms with E-state index in [1.54, 1.807) is 0 Å². The molecule has 0 bridgehead atoms. The molecule has 1 aromatic heterocycles. The third-order valence-corrected chi connectivity index (χ3v) is 4.27. The number of halogens is 1. The van der Waals surface area contributed by atoms with Crippen molar-refractivity contribution < 1.29 is 9.53 Å². The average molecular weight is 324 g/mol. The number of hydrogen-bond donors (Lipinski definition) is 0. The molecule has 1 aromatic rings. The van der Waals surface area contributed by atoms with Crippen LogP contribution in [0.2, 0.25) is 5.15 Å². The van der Waals surface area contributed by atoms with Gasteiger partial charge in [0.15, 0.2) is 0 Å². The van der Waals surface area contributed by atoms with Gasteiger partial charge < -0.3 is 14.5 Å². The van der Waals surface area contributed by atoms with E-state index in [1.165, 1.54) is 5.56 Å². The van der Waals surface area contributed by atoms with Gasteiger partial charge in [-0.1, -0.05) is 17.7 Å². The van der Waals surface area contributed by atoms with Gasteiger partial charge in [-0.15, -0.1) is 0 Å². The maximum Gasteiger partial charge on any atom is 0.410 e. The molecule has 22 heavy (non-hydrogen) atoms. The summed E-state index contributed by atoms with van der Waals surface area (Å²) in [5, 5.41) is 0.515. The molecular weight excluding hydrogens is 302 g/mol. The molecule has 5 nitrogen and oxygen atoms in total. The Labute approximate surface area is 136 Å². The van der Waals surface area contributed by atoms with E-state index < -0.39 is 5.60 Å². The summed E-state index contributed by atoms with van der Waals surface area (Å²) in [6.45, 7) is 9.08. The highest BCUT2D eigenvalue weighted by atomic mass is 35.5. The molecule has 0 radical (unpaired) electrons. The number of carbonyl (C=O) groups is 1. The molecule has 3 rings (SSSR count). The number of amides is 1. The lowest BCUT2D eigenvalue weighted by atomic mass is 10.1. The van der Waals surface area contributed by atoms with Crippen molar-refractivity contribution in [2.75, 3.05) is 18.0 Å². The molecule has 0 N–H and O–H groups in total. The number of rotatable bonds is 0. The summed E-state index contributed by atoms with van der Waals surface area (Å²) >= 11 is 6.03. The Morgan fingerprint density at radius 2 is 2.09 bits per heavy atom. The first-order chi connectivity index (χ1) is 10.2. The van der Waals surface area contributed by atoms with E-state index >= 15 is 0 Å². The largest absolute Gasteiger partial charge is 0.444 e. The van der Waals surface area contributed by atoms with Crippen molar-refractivity contribution in [1.82, 2.24) is 9.88 Å².